The Morgan fingerprint density at radius 3 is 3.00 bits per heavy atom. The second-order valence-corrected chi connectivity index (χ2v) is 3.48. The highest BCUT2D eigenvalue weighted by molar-refractivity contribution is 7.98. The van der Waals surface area contributed by atoms with Gasteiger partial charge in [0.25, 0.3) is 0 Å². The van der Waals surface area contributed by atoms with Gasteiger partial charge < -0.3 is 10.4 Å². The van der Waals surface area contributed by atoms with E-state index in [1.54, 1.807) is 0 Å². The van der Waals surface area contributed by atoms with Crippen molar-refractivity contribution in [2.45, 2.75) is 24.6 Å². The zero-order valence-corrected chi connectivity index (χ0v) is 8.85. The summed E-state index contributed by atoms with van der Waals surface area (Å²) in [6.07, 6.45) is 1.75. The molecule has 0 saturated carbocycles. The van der Waals surface area contributed by atoms with Gasteiger partial charge in [-0.2, -0.15) is 10.4 Å². The summed E-state index contributed by atoms with van der Waals surface area (Å²) in [5, 5.41) is 28.3. The lowest BCUT2D eigenvalue weighted by molar-refractivity contribution is 0.199. The Bertz CT molecular complexity index is 344. The van der Waals surface area contributed by atoms with Crippen LogP contribution in [-0.2, 0) is 0 Å². The number of anilines is 1. The Morgan fingerprint density at radius 2 is 2.50 bits per heavy atom. The number of H-pyrrole nitrogens is 1. The van der Waals surface area contributed by atoms with Gasteiger partial charge in [-0.25, -0.2) is 0 Å². The van der Waals surface area contributed by atoms with Gasteiger partial charge in [0.15, 0.2) is 5.82 Å². The first-order valence-corrected chi connectivity index (χ1v) is 5.42. The lowest BCUT2D eigenvalue weighted by Gasteiger charge is -2.08. The number of nitrogens with zero attached hydrogens (tertiary/aromatic N) is 2. The van der Waals surface area contributed by atoms with E-state index in [-0.39, 0.29) is 0 Å². The molecule has 1 aromatic heterocycles. The van der Waals surface area contributed by atoms with Crippen molar-refractivity contribution >= 4 is 17.6 Å². The maximum Gasteiger partial charge on any atom is 0.168 e. The summed E-state index contributed by atoms with van der Waals surface area (Å²) in [4.78, 5) is 0. The van der Waals surface area contributed by atoms with Gasteiger partial charge >= 0.3 is 0 Å². The van der Waals surface area contributed by atoms with Gasteiger partial charge in [-0.15, -0.1) is 11.8 Å². The van der Waals surface area contributed by atoms with E-state index in [4.69, 9.17) is 5.26 Å². The molecule has 0 fully saturated rings. The summed E-state index contributed by atoms with van der Waals surface area (Å²) in [5.41, 5.74) is 0.449. The largest absolute Gasteiger partial charge is 0.374 e. The van der Waals surface area contributed by atoms with E-state index in [1.807, 2.05) is 19.2 Å². The molecule has 0 aromatic carbocycles. The molecule has 0 aliphatic carbocycles. The molecule has 0 aliphatic heterocycles. The standard InChI is InChI=1S/C8H12N4OS/c1-3-6(13)10-7-5(4-9)8(14-2)12-11-7/h6,13H,3H2,1-2H3,(H2,10,11,12). The molecule has 0 amide bonds. The zero-order valence-electron chi connectivity index (χ0n) is 8.03. The molecule has 1 rings (SSSR count). The number of aromatic amines is 1. The third kappa shape index (κ3) is 2.19. The SMILES string of the molecule is CCC(O)Nc1n[nH]c(SC)c1C#N. The summed E-state index contributed by atoms with van der Waals surface area (Å²) < 4.78 is 0. The fourth-order valence-electron chi connectivity index (χ4n) is 0.942. The third-order valence-electron chi connectivity index (χ3n) is 1.74. The van der Waals surface area contributed by atoms with Crippen molar-refractivity contribution in [2.24, 2.45) is 0 Å². The number of aromatic nitrogens is 2. The number of thioether (sulfide) groups is 1. The number of aliphatic hydroxyl groups excluding tert-OH is 1. The number of hydrogen-bond acceptors (Lipinski definition) is 5. The highest BCUT2D eigenvalue weighted by Crippen LogP contribution is 2.23. The Morgan fingerprint density at radius 1 is 1.79 bits per heavy atom. The molecule has 0 saturated heterocycles. The maximum atomic E-state index is 9.33. The summed E-state index contributed by atoms with van der Waals surface area (Å²) >= 11 is 1.41. The molecule has 0 aliphatic rings. The Labute approximate surface area is 86.5 Å². The fourth-order valence-corrected chi connectivity index (χ4v) is 1.43. The minimum absolute atomic E-state index is 0.409. The van der Waals surface area contributed by atoms with Crippen molar-refractivity contribution in [3.8, 4) is 6.07 Å². The summed E-state index contributed by atoms with van der Waals surface area (Å²) in [5.74, 6) is 0.409. The molecule has 0 spiro atoms. The number of hydrogen-bond donors (Lipinski definition) is 3. The van der Waals surface area contributed by atoms with Crippen molar-refractivity contribution in [3.05, 3.63) is 5.56 Å². The lowest BCUT2D eigenvalue weighted by atomic mass is 10.3. The maximum absolute atomic E-state index is 9.33. The van der Waals surface area contributed by atoms with Gasteiger partial charge in [-0.05, 0) is 12.7 Å². The normalized spacial score (nSPS) is 12.1. The molecule has 1 heterocycles. The molecule has 14 heavy (non-hydrogen) atoms. The second kappa shape index (κ2) is 4.88. The fraction of sp³-hybridized carbons (Fsp3) is 0.500. The molecule has 0 radical (unpaired) electrons. The van der Waals surface area contributed by atoms with Crippen LogP contribution in [0.25, 0.3) is 0 Å². The van der Waals surface area contributed by atoms with E-state index in [0.717, 1.165) is 0 Å². The number of aliphatic hydroxyl groups is 1. The number of nitrogens with one attached hydrogen (secondary N) is 2. The van der Waals surface area contributed by atoms with E-state index < -0.39 is 6.23 Å². The van der Waals surface area contributed by atoms with Crippen molar-refractivity contribution < 1.29 is 5.11 Å². The van der Waals surface area contributed by atoms with Crippen LogP contribution in [0, 0.1) is 11.3 Å². The average Bonchev–Trinajstić information content (AvgIpc) is 2.59. The van der Waals surface area contributed by atoms with Crippen molar-refractivity contribution in [2.75, 3.05) is 11.6 Å². The molecule has 1 unspecified atom stereocenters. The molecule has 3 N–H and O–H groups in total. The van der Waals surface area contributed by atoms with Gasteiger partial charge in [0.2, 0.25) is 0 Å². The minimum Gasteiger partial charge on any atom is -0.374 e. The first-order valence-electron chi connectivity index (χ1n) is 4.20. The average molecular weight is 212 g/mol. The monoisotopic (exact) mass is 212 g/mol. The molecular weight excluding hydrogens is 200 g/mol. The smallest absolute Gasteiger partial charge is 0.168 e. The Balaban J connectivity index is 2.88. The summed E-state index contributed by atoms with van der Waals surface area (Å²) in [7, 11) is 0. The highest BCUT2D eigenvalue weighted by Gasteiger charge is 2.13. The predicted molar refractivity (Wildman–Crippen MR) is 55.0 cm³/mol. The van der Waals surface area contributed by atoms with E-state index >= 15 is 0 Å². The molecule has 1 atom stereocenters. The topological polar surface area (TPSA) is 84.7 Å². The molecule has 0 bridgehead atoms. The third-order valence-corrected chi connectivity index (χ3v) is 2.44. The van der Waals surface area contributed by atoms with Crippen LogP contribution in [0.5, 0.6) is 0 Å². The molecule has 76 valence electrons. The van der Waals surface area contributed by atoms with E-state index in [2.05, 4.69) is 15.5 Å². The van der Waals surface area contributed by atoms with Gasteiger partial charge in [0.1, 0.15) is 22.9 Å². The van der Waals surface area contributed by atoms with Crippen LogP contribution in [0.1, 0.15) is 18.9 Å². The first kappa shape index (κ1) is 10.9. The van der Waals surface area contributed by atoms with Crippen LogP contribution in [0.15, 0.2) is 5.03 Å². The second-order valence-electron chi connectivity index (χ2n) is 2.66. The molecule has 5 nitrogen and oxygen atoms in total. The van der Waals surface area contributed by atoms with Crippen molar-refractivity contribution in [1.29, 1.82) is 5.26 Å². The van der Waals surface area contributed by atoms with E-state index in [0.29, 0.717) is 22.8 Å². The highest BCUT2D eigenvalue weighted by atomic mass is 32.2. The first-order chi connectivity index (χ1) is 6.72. The van der Waals surface area contributed by atoms with Crippen molar-refractivity contribution in [1.82, 2.24) is 10.2 Å². The Kier molecular flexibility index (Phi) is 3.80. The zero-order chi connectivity index (χ0) is 10.6. The number of nitriles is 1. The van der Waals surface area contributed by atoms with Gasteiger partial charge in [0.05, 0.1) is 0 Å². The number of rotatable bonds is 4. The van der Waals surface area contributed by atoms with E-state index in [9.17, 15) is 5.11 Å². The van der Waals surface area contributed by atoms with Gasteiger partial charge in [-0.3, -0.25) is 5.10 Å². The van der Waals surface area contributed by atoms with Crippen LogP contribution in [0.3, 0.4) is 0 Å². The molecular formula is C8H12N4OS. The van der Waals surface area contributed by atoms with Crippen LogP contribution >= 0.6 is 11.8 Å². The van der Waals surface area contributed by atoms with Gasteiger partial charge in [-0.1, -0.05) is 6.92 Å². The lowest BCUT2D eigenvalue weighted by Crippen LogP contribution is -2.17. The Hall–Kier alpha value is -1.19. The predicted octanol–water partition coefficient (Wildman–Crippen LogP) is 1.14. The summed E-state index contributed by atoms with van der Waals surface area (Å²) in [6, 6.07) is 2.04. The van der Waals surface area contributed by atoms with E-state index in [1.165, 1.54) is 11.8 Å². The quantitative estimate of drug-likeness (QED) is 0.515. The molecule has 1 aromatic rings. The van der Waals surface area contributed by atoms with Crippen LogP contribution < -0.4 is 5.32 Å². The van der Waals surface area contributed by atoms with Crippen LogP contribution in [0.4, 0.5) is 5.82 Å². The van der Waals surface area contributed by atoms with Crippen LogP contribution in [-0.4, -0.2) is 27.8 Å². The van der Waals surface area contributed by atoms with Gasteiger partial charge in [0, 0.05) is 0 Å². The minimum atomic E-state index is -0.667. The van der Waals surface area contributed by atoms with Crippen LogP contribution in [0.2, 0.25) is 0 Å². The molecule has 6 heteroatoms. The van der Waals surface area contributed by atoms with Crippen molar-refractivity contribution in [3.63, 3.8) is 0 Å². The summed E-state index contributed by atoms with van der Waals surface area (Å²) in [6.45, 7) is 1.84.